The lowest BCUT2D eigenvalue weighted by Crippen LogP contribution is -2.46. The van der Waals surface area contributed by atoms with Crippen LogP contribution >= 0.6 is 24.0 Å². The number of halogens is 1. The molecule has 2 heterocycles. The van der Waals surface area contributed by atoms with Crippen LogP contribution in [0.4, 0.5) is 0 Å². The van der Waals surface area contributed by atoms with E-state index in [1.165, 1.54) is 65.1 Å². The van der Waals surface area contributed by atoms with Crippen molar-refractivity contribution in [2.24, 2.45) is 22.7 Å². The number of nitrogens with zero attached hydrogens (tertiary/aromatic N) is 4. The van der Waals surface area contributed by atoms with E-state index in [1.807, 2.05) is 0 Å². The molecule has 0 aromatic carbocycles. The molecule has 1 N–H and O–H groups in total. The molecule has 160 valence electrons. The van der Waals surface area contributed by atoms with E-state index < -0.39 is 0 Å². The molecule has 0 amide bonds. The van der Waals surface area contributed by atoms with Crippen LogP contribution in [0.3, 0.4) is 0 Å². The molecule has 0 aromatic rings. The Morgan fingerprint density at radius 2 is 1.74 bits per heavy atom. The van der Waals surface area contributed by atoms with Gasteiger partial charge in [-0.3, -0.25) is 4.99 Å². The van der Waals surface area contributed by atoms with Gasteiger partial charge in [0.25, 0.3) is 0 Å². The molecule has 0 bridgehead atoms. The van der Waals surface area contributed by atoms with Crippen molar-refractivity contribution < 1.29 is 0 Å². The Kier molecular flexibility index (Phi) is 12.2. The largest absolute Gasteiger partial charge is 0.357 e. The lowest BCUT2D eigenvalue weighted by Gasteiger charge is -2.33. The van der Waals surface area contributed by atoms with Crippen LogP contribution in [0.5, 0.6) is 0 Å². The van der Waals surface area contributed by atoms with Gasteiger partial charge in [0.05, 0.1) is 0 Å². The van der Waals surface area contributed by atoms with Crippen molar-refractivity contribution in [1.82, 2.24) is 20.0 Å². The van der Waals surface area contributed by atoms with E-state index in [2.05, 4.69) is 54.8 Å². The molecule has 5 nitrogen and oxygen atoms in total. The van der Waals surface area contributed by atoms with Gasteiger partial charge in [-0.25, -0.2) is 0 Å². The monoisotopic (exact) mass is 493 g/mol. The van der Waals surface area contributed by atoms with Crippen molar-refractivity contribution in [1.29, 1.82) is 0 Å². The van der Waals surface area contributed by atoms with Gasteiger partial charge in [-0.2, -0.15) is 0 Å². The zero-order valence-electron chi connectivity index (χ0n) is 18.4. The highest BCUT2D eigenvalue weighted by atomic mass is 127. The summed E-state index contributed by atoms with van der Waals surface area (Å²) in [6.07, 6.45) is 3.95. The maximum atomic E-state index is 5.02. The normalized spacial score (nSPS) is 23.6. The van der Waals surface area contributed by atoms with Gasteiger partial charge in [0, 0.05) is 58.9 Å². The third kappa shape index (κ3) is 8.05. The number of likely N-dealkylation sites (N-methyl/N-ethyl adjacent to an activating group) is 1. The minimum Gasteiger partial charge on any atom is -0.357 e. The summed E-state index contributed by atoms with van der Waals surface area (Å²) in [5.41, 5.74) is 0. The molecule has 2 fully saturated rings. The molecule has 2 rings (SSSR count). The molecule has 27 heavy (non-hydrogen) atoms. The number of rotatable bonds is 8. The van der Waals surface area contributed by atoms with Gasteiger partial charge in [-0.15, -0.1) is 24.0 Å². The van der Waals surface area contributed by atoms with Gasteiger partial charge < -0.3 is 20.0 Å². The Labute approximate surface area is 185 Å². The standard InChI is InChI=1S/C21H43N5.HI/c1-6-19(7-2)20-9-10-26(17-20)21(22-8-3)23-15-18(4)16-25-13-11-24(5)12-14-25;/h18-20H,6-17H2,1-5H3,(H,22,23);1H. The summed E-state index contributed by atoms with van der Waals surface area (Å²) >= 11 is 0. The first-order chi connectivity index (χ1) is 12.6. The van der Waals surface area contributed by atoms with Crippen LogP contribution in [0, 0.1) is 17.8 Å². The molecule has 0 aliphatic carbocycles. The molecule has 0 aromatic heterocycles. The summed E-state index contributed by atoms with van der Waals surface area (Å²) in [6, 6.07) is 0. The summed E-state index contributed by atoms with van der Waals surface area (Å²) in [5, 5.41) is 3.54. The van der Waals surface area contributed by atoms with Crippen LogP contribution in [0.25, 0.3) is 0 Å². The fourth-order valence-electron chi connectivity index (χ4n) is 4.52. The second kappa shape index (κ2) is 13.2. The second-order valence-corrected chi connectivity index (χ2v) is 8.48. The van der Waals surface area contributed by atoms with Gasteiger partial charge in [-0.1, -0.05) is 33.6 Å². The Morgan fingerprint density at radius 3 is 2.33 bits per heavy atom. The molecule has 0 radical (unpaired) electrons. The third-order valence-electron chi connectivity index (χ3n) is 6.29. The SMILES string of the molecule is CCNC(=NCC(C)CN1CCN(C)CC1)N1CCC(C(CC)CC)C1.I. The maximum Gasteiger partial charge on any atom is 0.193 e. The summed E-state index contributed by atoms with van der Waals surface area (Å²) in [4.78, 5) is 12.6. The fraction of sp³-hybridized carbons (Fsp3) is 0.952. The van der Waals surface area contributed by atoms with Crippen molar-refractivity contribution in [2.75, 3.05) is 66.0 Å². The Balaban J connectivity index is 0.00000364. The van der Waals surface area contributed by atoms with E-state index in [0.717, 1.165) is 30.9 Å². The minimum atomic E-state index is 0. The Hall–Kier alpha value is -0.0800. The van der Waals surface area contributed by atoms with E-state index >= 15 is 0 Å². The maximum absolute atomic E-state index is 5.02. The highest BCUT2D eigenvalue weighted by Crippen LogP contribution is 2.28. The van der Waals surface area contributed by atoms with Gasteiger partial charge in [0.1, 0.15) is 0 Å². The van der Waals surface area contributed by atoms with Crippen molar-refractivity contribution in [2.45, 2.75) is 47.0 Å². The lowest BCUT2D eigenvalue weighted by molar-refractivity contribution is 0.140. The lowest BCUT2D eigenvalue weighted by atomic mass is 9.87. The van der Waals surface area contributed by atoms with Crippen LogP contribution in [0.1, 0.15) is 47.0 Å². The third-order valence-corrected chi connectivity index (χ3v) is 6.29. The van der Waals surface area contributed by atoms with E-state index in [9.17, 15) is 0 Å². The molecule has 2 saturated heterocycles. The first-order valence-electron chi connectivity index (χ1n) is 11.0. The van der Waals surface area contributed by atoms with Crippen LogP contribution in [0.2, 0.25) is 0 Å². The van der Waals surface area contributed by atoms with E-state index in [1.54, 1.807) is 0 Å². The first-order valence-corrected chi connectivity index (χ1v) is 11.0. The van der Waals surface area contributed by atoms with Crippen molar-refractivity contribution >= 4 is 29.9 Å². The van der Waals surface area contributed by atoms with Crippen LogP contribution in [-0.2, 0) is 0 Å². The van der Waals surface area contributed by atoms with Crippen LogP contribution in [-0.4, -0.2) is 86.6 Å². The van der Waals surface area contributed by atoms with E-state index in [4.69, 9.17) is 4.99 Å². The van der Waals surface area contributed by atoms with Crippen molar-refractivity contribution in [3.63, 3.8) is 0 Å². The molecule has 2 unspecified atom stereocenters. The summed E-state index contributed by atoms with van der Waals surface area (Å²) < 4.78 is 0. The Bertz CT molecular complexity index is 419. The number of piperazine rings is 1. The number of hydrogen-bond acceptors (Lipinski definition) is 3. The minimum absolute atomic E-state index is 0. The quantitative estimate of drug-likeness (QED) is 0.320. The van der Waals surface area contributed by atoms with Crippen LogP contribution < -0.4 is 5.32 Å². The number of nitrogens with one attached hydrogen (secondary N) is 1. The van der Waals surface area contributed by atoms with Crippen molar-refractivity contribution in [3.05, 3.63) is 0 Å². The molecular weight excluding hydrogens is 449 g/mol. The topological polar surface area (TPSA) is 34.1 Å². The summed E-state index contributed by atoms with van der Waals surface area (Å²) in [7, 11) is 2.22. The van der Waals surface area contributed by atoms with Gasteiger partial charge in [0.15, 0.2) is 5.96 Å². The fourth-order valence-corrected chi connectivity index (χ4v) is 4.52. The average Bonchev–Trinajstić information content (AvgIpc) is 3.11. The molecule has 2 atom stereocenters. The number of likely N-dealkylation sites (tertiary alicyclic amines) is 1. The second-order valence-electron chi connectivity index (χ2n) is 8.48. The Morgan fingerprint density at radius 1 is 1.07 bits per heavy atom. The zero-order valence-corrected chi connectivity index (χ0v) is 20.7. The molecular formula is C21H44IN5. The molecule has 6 heteroatoms. The predicted octanol–water partition coefficient (Wildman–Crippen LogP) is 3.21. The number of hydrogen-bond donors (Lipinski definition) is 1. The van der Waals surface area contributed by atoms with E-state index in [0.29, 0.717) is 5.92 Å². The zero-order chi connectivity index (χ0) is 18.9. The number of aliphatic imine (C=N–C) groups is 1. The number of guanidine groups is 1. The average molecular weight is 494 g/mol. The van der Waals surface area contributed by atoms with Gasteiger partial charge >= 0.3 is 0 Å². The summed E-state index contributed by atoms with van der Waals surface area (Å²) in [5.74, 6) is 3.48. The van der Waals surface area contributed by atoms with Gasteiger partial charge in [-0.05, 0) is 38.1 Å². The van der Waals surface area contributed by atoms with E-state index in [-0.39, 0.29) is 24.0 Å². The highest BCUT2D eigenvalue weighted by molar-refractivity contribution is 14.0. The molecule has 0 saturated carbocycles. The predicted molar refractivity (Wildman–Crippen MR) is 128 cm³/mol. The molecule has 2 aliphatic rings. The molecule has 2 aliphatic heterocycles. The van der Waals surface area contributed by atoms with Crippen molar-refractivity contribution in [3.8, 4) is 0 Å². The first kappa shape index (κ1) is 25.0. The molecule has 0 spiro atoms. The smallest absolute Gasteiger partial charge is 0.193 e. The summed E-state index contributed by atoms with van der Waals surface area (Å²) in [6.45, 7) is 19.4. The highest BCUT2D eigenvalue weighted by Gasteiger charge is 2.29. The van der Waals surface area contributed by atoms with Gasteiger partial charge in [0.2, 0.25) is 0 Å². The van der Waals surface area contributed by atoms with Crippen LogP contribution in [0.15, 0.2) is 4.99 Å².